The van der Waals surface area contributed by atoms with Gasteiger partial charge < -0.3 is 10.1 Å². The number of hydrogen-bond donors (Lipinski definition) is 1. The molecule has 1 aliphatic heterocycles. The van der Waals surface area contributed by atoms with E-state index in [0.29, 0.717) is 13.0 Å². The molecule has 0 bridgehead atoms. The van der Waals surface area contributed by atoms with Gasteiger partial charge in [0, 0.05) is 12.3 Å². The summed E-state index contributed by atoms with van der Waals surface area (Å²) in [6, 6.07) is -0.377. The minimum Gasteiger partial charge on any atom is -0.464 e. The fourth-order valence-corrected chi connectivity index (χ4v) is 1.26. The summed E-state index contributed by atoms with van der Waals surface area (Å²) in [5.74, 6) is -0.110. The second-order valence-corrected chi connectivity index (χ2v) is 3.29. The molecule has 4 nitrogen and oxygen atoms in total. The molecule has 4 heteroatoms. The Kier molecular flexibility index (Phi) is 1.75. The van der Waals surface area contributed by atoms with Gasteiger partial charge in [-0.25, -0.2) is 4.79 Å². The van der Waals surface area contributed by atoms with E-state index in [9.17, 15) is 9.59 Å². The van der Waals surface area contributed by atoms with Gasteiger partial charge in [-0.3, -0.25) is 4.79 Å². The molecule has 2 fully saturated rings. The number of ether oxygens (including phenoxy) is 1. The summed E-state index contributed by atoms with van der Waals surface area (Å²) < 4.78 is 4.71. The fourth-order valence-electron chi connectivity index (χ4n) is 1.26. The Morgan fingerprint density at radius 2 is 2.17 bits per heavy atom. The molecule has 1 saturated heterocycles. The van der Waals surface area contributed by atoms with Crippen LogP contribution in [-0.4, -0.2) is 24.5 Å². The summed E-state index contributed by atoms with van der Waals surface area (Å²) in [7, 11) is 0. The molecule has 1 aliphatic carbocycles. The average Bonchev–Trinajstić information content (AvgIpc) is 2.80. The van der Waals surface area contributed by atoms with Crippen LogP contribution in [-0.2, 0) is 14.3 Å². The maximum Gasteiger partial charge on any atom is 0.328 e. The van der Waals surface area contributed by atoms with Crippen molar-refractivity contribution in [1.29, 1.82) is 0 Å². The van der Waals surface area contributed by atoms with Crippen molar-refractivity contribution in [3.05, 3.63) is 0 Å². The molecule has 0 spiro atoms. The second-order valence-electron chi connectivity index (χ2n) is 3.29. The number of hydrogen-bond acceptors (Lipinski definition) is 3. The van der Waals surface area contributed by atoms with Crippen molar-refractivity contribution < 1.29 is 14.3 Å². The SMILES string of the molecule is O=C(NC1CCOC1=O)C1CC1. The van der Waals surface area contributed by atoms with Gasteiger partial charge in [0.05, 0.1) is 6.61 Å². The number of cyclic esters (lactones) is 1. The molecule has 0 radical (unpaired) electrons. The monoisotopic (exact) mass is 169 g/mol. The minimum atomic E-state index is -0.377. The van der Waals surface area contributed by atoms with E-state index in [4.69, 9.17) is 4.74 Å². The Morgan fingerprint density at radius 3 is 2.67 bits per heavy atom. The predicted octanol–water partition coefficient (Wildman–Crippen LogP) is -0.172. The predicted molar refractivity (Wildman–Crippen MR) is 40.2 cm³/mol. The standard InChI is InChI=1S/C8H11NO3/c10-7(5-1-2-5)9-6-3-4-12-8(6)11/h5-6H,1-4H2,(H,9,10). The highest BCUT2D eigenvalue weighted by Gasteiger charge is 2.34. The molecule has 0 aromatic carbocycles. The number of esters is 1. The molecule has 12 heavy (non-hydrogen) atoms. The summed E-state index contributed by atoms with van der Waals surface area (Å²) in [5, 5.41) is 2.68. The lowest BCUT2D eigenvalue weighted by Gasteiger charge is -2.06. The van der Waals surface area contributed by atoms with E-state index in [1.807, 2.05) is 0 Å². The number of rotatable bonds is 2. The normalized spacial score (nSPS) is 28.3. The first-order chi connectivity index (χ1) is 5.77. The third-order valence-electron chi connectivity index (χ3n) is 2.20. The molecule has 0 aromatic rings. The van der Waals surface area contributed by atoms with Gasteiger partial charge >= 0.3 is 5.97 Å². The van der Waals surface area contributed by atoms with Gasteiger partial charge in [-0.15, -0.1) is 0 Å². The van der Waals surface area contributed by atoms with Crippen LogP contribution in [0.2, 0.25) is 0 Å². The molecule has 1 unspecified atom stereocenters. The Labute approximate surface area is 70.3 Å². The van der Waals surface area contributed by atoms with Crippen LogP contribution in [0.3, 0.4) is 0 Å². The molecule has 1 heterocycles. The van der Waals surface area contributed by atoms with E-state index in [1.165, 1.54) is 0 Å². The van der Waals surface area contributed by atoms with Crippen LogP contribution in [0.4, 0.5) is 0 Å². The van der Waals surface area contributed by atoms with Crippen molar-refractivity contribution in [2.45, 2.75) is 25.3 Å². The molecule has 66 valence electrons. The van der Waals surface area contributed by atoms with Gasteiger partial charge in [0.15, 0.2) is 0 Å². The van der Waals surface area contributed by atoms with Crippen LogP contribution < -0.4 is 5.32 Å². The first kappa shape index (κ1) is 7.58. The van der Waals surface area contributed by atoms with Crippen molar-refractivity contribution in [2.75, 3.05) is 6.61 Å². The third kappa shape index (κ3) is 1.42. The third-order valence-corrected chi connectivity index (χ3v) is 2.20. The highest BCUT2D eigenvalue weighted by molar-refractivity contribution is 5.87. The van der Waals surface area contributed by atoms with Crippen LogP contribution in [0.5, 0.6) is 0 Å². The van der Waals surface area contributed by atoms with Crippen molar-refractivity contribution in [3.8, 4) is 0 Å². The van der Waals surface area contributed by atoms with E-state index in [1.54, 1.807) is 0 Å². The summed E-state index contributed by atoms with van der Waals surface area (Å²) in [6.45, 7) is 0.439. The average molecular weight is 169 g/mol. The Morgan fingerprint density at radius 1 is 1.42 bits per heavy atom. The fraction of sp³-hybridized carbons (Fsp3) is 0.750. The van der Waals surface area contributed by atoms with Gasteiger partial charge in [0.1, 0.15) is 6.04 Å². The van der Waals surface area contributed by atoms with E-state index in [0.717, 1.165) is 12.8 Å². The van der Waals surface area contributed by atoms with E-state index >= 15 is 0 Å². The van der Waals surface area contributed by atoms with Crippen molar-refractivity contribution in [3.63, 3.8) is 0 Å². The van der Waals surface area contributed by atoms with Gasteiger partial charge in [0.25, 0.3) is 0 Å². The zero-order valence-electron chi connectivity index (χ0n) is 6.71. The molecular weight excluding hydrogens is 158 g/mol. The van der Waals surface area contributed by atoms with E-state index in [-0.39, 0.29) is 23.8 Å². The first-order valence-electron chi connectivity index (χ1n) is 4.24. The largest absolute Gasteiger partial charge is 0.464 e. The van der Waals surface area contributed by atoms with Gasteiger partial charge in [-0.2, -0.15) is 0 Å². The summed E-state index contributed by atoms with van der Waals surface area (Å²) in [6.07, 6.45) is 2.55. The van der Waals surface area contributed by atoms with Crippen LogP contribution >= 0.6 is 0 Å². The lowest BCUT2D eigenvalue weighted by Crippen LogP contribution is -2.38. The molecule has 1 N–H and O–H groups in total. The van der Waals surface area contributed by atoms with Crippen LogP contribution in [0, 0.1) is 5.92 Å². The van der Waals surface area contributed by atoms with Crippen LogP contribution in [0.15, 0.2) is 0 Å². The minimum absolute atomic E-state index is 0.0128. The van der Waals surface area contributed by atoms with Crippen molar-refractivity contribution >= 4 is 11.9 Å². The number of carbonyl (C=O) groups excluding carboxylic acids is 2. The quantitative estimate of drug-likeness (QED) is 0.584. The van der Waals surface area contributed by atoms with Crippen LogP contribution in [0.1, 0.15) is 19.3 Å². The van der Waals surface area contributed by atoms with Crippen molar-refractivity contribution in [1.82, 2.24) is 5.32 Å². The zero-order chi connectivity index (χ0) is 8.55. The summed E-state index contributed by atoms with van der Waals surface area (Å²) in [5.41, 5.74) is 0. The maximum atomic E-state index is 11.2. The zero-order valence-corrected chi connectivity index (χ0v) is 6.71. The Balaban J connectivity index is 1.84. The van der Waals surface area contributed by atoms with Gasteiger partial charge in [-0.05, 0) is 12.8 Å². The lowest BCUT2D eigenvalue weighted by molar-refractivity contribution is -0.141. The molecule has 2 rings (SSSR count). The van der Waals surface area contributed by atoms with Crippen LogP contribution in [0.25, 0.3) is 0 Å². The molecular formula is C8H11NO3. The number of carbonyl (C=O) groups is 2. The summed E-state index contributed by atoms with van der Waals surface area (Å²) >= 11 is 0. The van der Waals surface area contributed by atoms with Gasteiger partial charge in [-0.1, -0.05) is 0 Å². The van der Waals surface area contributed by atoms with Gasteiger partial charge in [0.2, 0.25) is 5.91 Å². The highest BCUT2D eigenvalue weighted by atomic mass is 16.5. The lowest BCUT2D eigenvalue weighted by atomic mass is 10.2. The Hall–Kier alpha value is -1.06. The van der Waals surface area contributed by atoms with E-state index in [2.05, 4.69) is 5.32 Å². The Bertz CT molecular complexity index is 222. The molecule has 1 atom stereocenters. The molecule has 2 aliphatic rings. The number of nitrogens with one attached hydrogen (secondary N) is 1. The molecule has 1 saturated carbocycles. The van der Waals surface area contributed by atoms with Crippen molar-refractivity contribution in [2.24, 2.45) is 5.92 Å². The maximum absolute atomic E-state index is 11.2. The second kappa shape index (κ2) is 2.77. The topological polar surface area (TPSA) is 55.4 Å². The summed E-state index contributed by atoms with van der Waals surface area (Å²) in [4.78, 5) is 22.1. The first-order valence-corrected chi connectivity index (χ1v) is 4.24. The molecule has 0 aromatic heterocycles. The number of amides is 1. The molecule has 1 amide bonds. The van der Waals surface area contributed by atoms with E-state index < -0.39 is 0 Å². The smallest absolute Gasteiger partial charge is 0.328 e. The highest BCUT2D eigenvalue weighted by Crippen LogP contribution is 2.29.